The Hall–Kier alpha value is -3.54. The van der Waals surface area contributed by atoms with Crippen LogP contribution in [0.1, 0.15) is 53.7 Å². The van der Waals surface area contributed by atoms with Crippen molar-refractivity contribution in [2.75, 3.05) is 0 Å². The van der Waals surface area contributed by atoms with Gasteiger partial charge in [-0.25, -0.2) is 4.39 Å². The summed E-state index contributed by atoms with van der Waals surface area (Å²) in [6, 6.07) is 13.1. The molecule has 0 spiro atoms. The first-order valence-electron chi connectivity index (χ1n) is 11.5. The number of pyridine rings is 2. The van der Waals surface area contributed by atoms with Crippen LogP contribution in [0.25, 0.3) is 22.2 Å². The second-order valence-corrected chi connectivity index (χ2v) is 8.84. The fraction of sp³-hybridized carbons (Fsp3) is 0.296. The molecule has 0 bridgehead atoms. The summed E-state index contributed by atoms with van der Waals surface area (Å²) >= 11 is 0. The van der Waals surface area contributed by atoms with Crippen LogP contribution in [0.15, 0.2) is 61.1 Å². The van der Waals surface area contributed by atoms with E-state index in [0.29, 0.717) is 23.2 Å². The average molecular weight is 443 g/mol. The molecule has 168 valence electrons. The molecule has 0 radical (unpaired) electrons. The Morgan fingerprint density at radius 3 is 2.67 bits per heavy atom. The molecule has 5 rings (SSSR count). The summed E-state index contributed by atoms with van der Waals surface area (Å²) in [6.45, 7) is 2.24. The van der Waals surface area contributed by atoms with E-state index in [4.69, 9.17) is 0 Å². The van der Waals surface area contributed by atoms with Crippen LogP contribution in [0.5, 0.6) is 0 Å². The normalized spacial score (nSPS) is 14.5. The van der Waals surface area contributed by atoms with E-state index in [1.54, 1.807) is 24.7 Å². The topological polar surface area (TPSA) is 59.8 Å². The summed E-state index contributed by atoms with van der Waals surface area (Å²) in [7, 11) is 0. The SMILES string of the molecule is Cc1cc(-c2ccc(Cn3cc(C(=O)NC4CCCCC4)c4ncccc43)c(F)c2)ccn1. The van der Waals surface area contributed by atoms with Crippen LogP contribution < -0.4 is 5.32 Å². The first-order valence-corrected chi connectivity index (χ1v) is 11.5. The molecule has 4 aromatic rings. The second kappa shape index (κ2) is 9.14. The van der Waals surface area contributed by atoms with Gasteiger partial charge in [-0.2, -0.15) is 0 Å². The predicted octanol–water partition coefficient (Wildman–Crippen LogP) is 5.66. The highest BCUT2D eigenvalue weighted by Crippen LogP contribution is 2.26. The zero-order valence-electron chi connectivity index (χ0n) is 18.7. The van der Waals surface area contributed by atoms with E-state index in [1.807, 2.05) is 47.9 Å². The molecule has 1 aromatic carbocycles. The molecule has 3 aromatic heterocycles. The monoisotopic (exact) mass is 442 g/mol. The van der Waals surface area contributed by atoms with Gasteiger partial charge in [0, 0.05) is 35.9 Å². The van der Waals surface area contributed by atoms with E-state index in [1.165, 1.54) is 6.42 Å². The third-order valence-corrected chi connectivity index (χ3v) is 6.44. The van der Waals surface area contributed by atoms with Crippen molar-refractivity contribution < 1.29 is 9.18 Å². The van der Waals surface area contributed by atoms with E-state index in [-0.39, 0.29) is 17.8 Å². The molecule has 1 aliphatic rings. The molecule has 1 aliphatic carbocycles. The number of aromatic nitrogens is 3. The van der Waals surface area contributed by atoms with Crippen molar-refractivity contribution in [3.8, 4) is 11.1 Å². The minimum atomic E-state index is -0.277. The van der Waals surface area contributed by atoms with Crippen molar-refractivity contribution in [1.82, 2.24) is 19.9 Å². The maximum absolute atomic E-state index is 15.1. The zero-order chi connectivity index (χ0) is 22.8. The second-order valence-electron chi connectivity index (χ2n) is 8.84. The molecule has 1 amide bonds. The van der Waals surface area contributed by atoms with Crippen molar-refractivity contribution >= 4 is 16.9 Å². The lowest BCUT2D eigenvalue weighted by Gasteiger charge is -2.22. The lowest BCUT2D eigenvalue weighted by atomic mass is 9.95. The molecular weight excluding hydrogens is 415 g/mol. The highest BCUT2D eigenvalue weighted by Gasteiger charge is 2.21. The van der Waals surface area contributed by atoms with Gasteiger partial charge in [-0.05, 0) is 61.2 Å². The van der Waals surface area contributed by atoms with Crippen LogP contribution in [0.2, 0.25) is 0 Å². The van der Waals surface area contributed by atoms with Crippen LogP contribution in [0.3, 0.4) is 0 Å². The van der Waals surface area contributed by atoms with Crippen LogP contribution >= 0.6 is 0 Å². The van der Waals surface area contributed by atoms with Crippen LogP contribution in [-0.2, 0) is 6.54 Å². The smallest absolute Gasteiger partial charge is 0.255 e. The van der Waals surface area contributed by atoms with Crippen molar-refractivity contribution in [3.63, 3.8) is 0 Å². The molecule has 1 saturated carbocycles. The van der Waals surface area contributed by atoms with Gasteiger partial charge in [-0.15, -0.1) is 0 Å². The minimum Gasteiger partial charge on any atom is -0.349 e. The van der Waals surface area contributed by atoms with Crippen LogP contribution in [0.4, 0.5) is 4.39 Å². The molecule has 0 atom stereocenters. The molecule has 0 saturated heterocycles. The maximum Gasteiger partial charge on any atom is 0.255 e. The Balaban J connectivity index is 1.43. The average Bonchev–Trinajstić information content (AvgIpc) is 3.20. The molecular formula is C27H27FN4O. The van der Waals surface area contributed by atoms with Gasteiger partial charge in [0.05, 0.1) is 17.6 Å². The number of carbonyl (C=O) groups excluding carboxylic acids is 1. The van der Waals surface area contributed by atoms with Gasteiger partial charge in [0.2, 0.25) is 0 Å². The summed E-state index contributed by atoms with van der Waals surface area (Å²) in [5, 5.41) is 3.17. The Morgan fingerprint density at radius 2 is 1.88 bits per heavy atom. The number of hydrogen-bond donors (Lipinski definition) is 1. The highest BCUT2D eigenvalue weighted by atomic mass is 19.1. The number of benzene rings is 1. The molecule has 3 heterocycles. The van der Waals surface area contributed by atoms with Gasteiger partial charge in [-0.1, -0.05) is 31.4 Å². The molecule has 6 heteroatoms. The van der Waals surface area contributed by atoms with Gasteiger partial charge in [-0.3, -0.25) is 14.8 Å². The lowest BCUT2D eigenvalue weighted by molar-refractivity contribution is 0.0929. The lowest BCUT2D eigenvalue weighted by Crippen LogP contribution is -2.36. The Bertz CT molecular complexity index is 1310. The summed E-state index contributed by atoms with van der Waals surface area (Å²) in [5.41, 5.74) is 5.21. The molecule has 33 heavy (non-hydrogen) atoms. The number of hydrogen-bond acceptors (Lipinski definition) is 3. The maximum atomic E-state index is 15.1. The number of fused-ring (bicyclic) bond motifs is 1. The summed E-state index contributed by atoms with van der Waals surface area (Å²) in [4.78, 5) is 21.7. The number of aryl methyl sites for hydroxylation is 1. The van der Waals surface area contributed by atoms with Crippen molar-refractivity contribution in [3.05, 3.63) is 83.7 Å². The van der Waals surface area contributed by atoms with Gasteiger partial charge in [0.1, 0.15) is 11.3 Å². The third-order valence-electron chi connectivity index (χ3n) is 6.44. The summed E-state index contributed by atoms with van der Waals surface area (Å²) < 4.78 is 17.0. The van der Waals surface area contributed by atoms with Gasteiger partial charge >= 0.3 is 0 Å². The molecule has 1 N–H and O–H groups in total. The first kappa shape index (κ1) is 21.3. The number of nitrogens with one attached hydrogen (secondary N) is 1. The zero-order valence-corrected chi connectivity index (χ0v) is 18.7. The van der Waals surface area contributed by atoms with Gasteiger partial charge in [0.15, 0.2) is 0 Å². The fourth-order valence-corrected chi connectivity index (χ4v) is 4.69. The standard InChI is InChI=1S/C27H27FN4O/c1-18-14-20(11-13-29-18)19-9-10-21(24(28)15-19)16-32-17-23(26-25(32)8-5-12-30-26)27(33)31-22-6-3-2-4-7-22/h5,8-15,17,22H,2-4,6-7,16H2,1H3,(H,31,33). The Labute approximate surface area is 192 Å². The van der Waals surface area contributed by atoms with Crippen LogP contribution in [0, 0.1) is 12.7 Å². The minimum absolute atomic E-state index is 0.103. The number of amides is 1. The van der Waals surface area contributed by atoms with Crippen molar-refractivity contribution in [2.45, 2.75) is 51.6 Å². The van der Waals surface area contributed by atoms with E-state index in [9.17, 15) is 4.79 Å². The first-order chi connectivity index (χ1) is 16.1. The van der Waals surface area contributed by atoms with Crippen molar-refractivity contribution in [2.24, 2.45) is 0 Å². The summed E-state index contributed by atoms with van der Waals surface area (Å²) in [6.07, 6.45) is 10.8. The van der Waals surface area contributed by atoms with E-state index in [0.717, 1.165) is 48.0 Å². The van der Waals surface area contributed by atoms with E-state index < -0.39 is 0 Å². The number of carbonyl (C=O) groups is 1. The number of halogens is 1. The van der Waals surface area contributed by atoms with E-state index >= 15 is 4.39 Å². The van der Waals surface area contributed by atoms with Crippen molar-refractivity contribution in [1.29, 1.82) is 0 Å². The van der Waals surface area contributed by atoms with Crippen LogP contribution in [-0.4, -0.2) is 26.5 Å². The van der Waals surface area contributed by atoms with Gasteiger partial charge < -0.3 is 9.88 Å². The number of rotatable bonds is 5. The van der Waals surface area contributed by atoms with Gasteiger partial charge in [0.25, 0.3) is 5.91 Å². The molecule has 0 unspecified atom stereocenters. The Morgan fingerprint density at radius 1 is 1.06 bits per heavy atom. The molecule has 0 aliphatic heterocycles. The Kier molecular flexibility index (Phi) is 5.90. The summed E-state index contributed by atoms with van der Waals surface area (Å²) in [5.74, 6) is -0.380. The highest BCUT2D eigenvalue weighted by molar-refractivity contribution is 6.05. The quantitative estimate of drug-likeness (QED) is 0.434. The van der Waals surface area contributed by atoms with E-state index in [2.05, 4.69) is 15.3 Å². The number of nitrogens with zero attached hydrogens (tertiary/aromatic N) is 3. The predicted molar refractivity (Wildman–Crippen MR) is 128 cm³/mol. The largest absolute Gasteiger partial charge is 0.349 e. The third kappa shape index (κ3) is 4.51. The molecule has 1 fully saturated rings. The molecule has 5 nitrogen and oxygen atoms in total. The fourth-order valence-electron chi connectivity index (χ4n) is 4.69.